The van der Waals surface area contributed by atoms with Crippen LogP contribution in [0.5, 0.6) is 0 Å². The van der Waals surface area contributed by atoms with E-state index >= 15 is 0 Å². The van der Waals surface area contributed by atoms with Crippen LogP contribution >= 0.6 is 0 Å². The maximum absolute atomic E-state index is 11.3. The van der Waals surface area contributed by atoms with Crippen LogP contribution in [0, 0.1) is 0 Å². The zero-order valence-corrected chi connectivity index (χ0v) is 15.3. The molecule has 6 heteroatoms. The van der Waals surface area contributed by atoms with E-state index in [1.54, 1.807) is 12.5 Å². The topological polar surface area (TPSA) is 64.4 Å². The number of imidazole rings is 1. The number of ketones is 1. The van der Waals surface area contributed by atoms with Crippen LogP contribution in [0.2, 0.25) is 0 Å². The second kappa shape index (κ2) is 10.3. The molecule has 0 aliphatic rings. The lowest BCUT2D eigenvalue weighted by Crippen LogP contribution is -2.24. The lowest BCUT2D eigenvalue weighted by molar-refractivity contribution is -0.145. The van der Waals surface area contributed by atoms with Crippen molar-refractivity contribution in [1.29, 1.82) is 0 Å². The quantitative estimate of drug-likeness (QED) is 0.484. The molecular formula is C20H25N3O3. The van der Waals surface area contributed by atoms with Crippen LogP contribution in [-0.4, -0.2) is 52.9 Å². The van der Waals surface area contributed by atoms with E-state index in [1.165, 1.54) is 12.5 Å². The number of benzene rings is 1. The zero-order chi connectivity index (χ0) is 18.8. The summed E-state index contributed by atoms with van der Waals surface area (Å²) in [6.45, 7) is 3.86. The van der Waals surface area contributed by atoms with Crippen molar-refractivity contribution in [3.05, 3.63) is 60.2 Å². The molecule has 0 amide bonds. The van der Waals surface area contributed by atoms with Gasteiger partial charge in [-0.25, -0.2) is 4.98 Å². The van der Waals surface area contributed by atoms with Crippen LogP contribution < -0.4 is 0 Å². The molecule has 0 fully saturated rings. The van der Waals surface area contributed by atoms with Gasteiger partial charge in [0.2, 0.25) is 0 Å². The number of carbonyl (C=O) groups excluding carboxylic acids is 2. The summed E-state index contributed by atoms with van der Waals surface area (Å²) >= 11 is 0. The van der Waals surface area contributed by atoms with Crippen molar-refractivity contribution in [3.8, 4) is 0 Å². The maximum Gasteiger partial charge on any atom is 0.313 e. The largest absolute Gasteiger partial charge is 0.464 e. The van der Waals surface area contributed by atoms with E-state index in [0.29, 0.717) is 13.2 Å². The van der Waals surface area contributed by atoms with E-state index < -0.39 is 5.97 Å². The highest BCUT2D eigenvalue weighted by atomic mass is 16.5. The molecule has 0 aliphatic carbocycles. The number of Topliss-reactive ketones (excluding diaryl/α,β-unsaturated/α-hetero) is 1. The molecule has 1 aromatic heterocycles. The summed E-state index contributed by atoms with van der Waals surface area (Å²) in [4.78, 5) is 28.2. The fraction of sp³-hybridized carbons (Fsp3) is 0.350. The zero-order valence-electron chi connectivity index (χ0n) is 15.3. The van der Waals surface area contributed by atoms with Crippen LogP contribution in [0.15, 0.2) is 49.1 Å². The molecule has 2 aromatic rings. The molecule has 26 heavy (non-hydrogen) atoms. The molecule has 0 unspecified atom stereocenters. The normalized spacial score (nSPS) is 11.2. The Balaban J connectivity index is 1.68. The highest BCUT2D eigenvalue weighted by Crippen LogP contribution is 2.08. The first-order valence-electron chi connectivity index (χ1n) is 8.58. The molecule has 6 nitrogen and oxygen atoms in total. The van der Waals surface area contributed by atoms with Gasteiger partial charge in [0.05, 0.1) is 6.33 Å². The summed E-state index contributed by atoms with van der Waals surface area (Å²) in [5.74, 6) is -0.639. The van der Waals surface area contributed by atoms with E-state index in [9.17, 15) is 9.59 Å². The first-order chi connectivity index (χ1) is 12.5. The predicted octanol–water partition coefficient (Wildman–Crippen LogP) is 2.40. The van der Waals surface area contributed by atoms with Crippen molar-refractivity contribution in [3.63, 3.8) is 0 Å². The number of hydrogen-bond donors (Lipinski definition) is 0. The first kappa shape index (κ1) is 19.6. The second-order valence-electron chi connectivity index (χ2n) is 6.24. The first-order valence-corrected chi connectivity index (χ1v) is 8.58. The van der Waals surface area contributed by atoms with E-state index in [1.807, 2.05) is 22.7 Å². The van der Waals surface area contributed by atoms with Crippen LogP contribution in [0.25, 0.3) is 6.08 Å². The molecule has 0 saturated carbocycles. The van der Waals surface area contributed by atoms with Gasteiger partial charge < -0.3 is 9.30 Å². The maximum atomic E-state index is 11.3. The summed E-state index contributed by atoms with van der Waals surface area (Å²) in [5, 5.41) is 0. The van der Waals surface area contributed by atoms with Gasteiger partial charge in [0, 0.05) is 32.0 Å². The van der Waals surface area contributed by atoms with Gasteiger partial charge in [0.25, 0.3) is 0 Å². The summed E-state index contributed by atoms with van der Waals surface area (Å²) in [6.07, 6.45) is 9.52. The molecule has 0 aliphatic heterocycles. The molecule has 138 valence electrons. The fourth-order valence-electron chi connectivity index (χ4n) is 2.35. The van der Waals surface area contributed by atoms with Crippen LogP contribution in [0.4, 0.5) is 0 Å². The lowest BCUT2D eigenvalue weighted by atomic mass is 10.1. The van der Waals surface area contributed by atoms with E-state index in [2.05, 4.69) is 41.4 Å². The molecule has 1 aromatic carbocycles. The Morgan fingerprint density at radius 1 is 1.27 bits per heavy atom. The Morgan fingerprint density at radius 3 is 2.69 bits per heavy atom. The molecule has 0 atom stereocenters. The highest BCUT2D eigenvalue weighted by Gasteiger charge is 2.06. The Labute approximate surface area is 154 Å². The number of carbonyl (C=O) groups is 2. The number of likely N-dealkylation sites (N-methyl/N-ethyl adjacent to an activating group) is 1. The van der Waals surface area contributed by atoms with Gasteiger partial charge in [-0.05, 0) is 25.1 Å². The third kappa shape index (κ3) is 7.44. The molecule has 0 spiro atoms. The second-order valence-corrected chi connectivity index (χ2v) is 6.24. The van der Waals surface area contributed by atoms with Gasteiger partial charge in [0.1, 0.15) is 18.8 Å². The summed E-state index contributed by atoms with van der Waals surface area (Å²) < 4.78 is 7.04. The summed E-state index contributed by atoms with van der Waals surface area (Å²) in [6, 6.07) is 8.40. The minimum absolute atomic E-state index is 0.152. The van der Waals surface area contributed by atoms with Crippen molar-refractivity contribution < 1.29 is 14.3 Å². The molecule has 2 rings (SSSR count). The number of rotatable bonds is 10. The van der Waals surface area contributed by atoms with E-state index in [-0.39, 0.29) is 12.2 Å². The van der Waals surface area contributed by atoms with Crippen LogP contribution in [0.1, 0.15) is 24.5 Å². The van der Waals surface area contributed by atoms with Crippen molar-refractivity contribution in [2.45, 2.75) is 19.9 Å². The third-order valence-electron chi connectivity index (χ3n) is 3.76. The standard InChI is InChI=1S/C20H25N3O3/c1-17(24)14-20(25)26-13-12-22(2)10-3-4-18-5-7-19(8-6-18)15-23-11-9-21-16-23/h3-9,11,16H,10,12-15H2,1-2H3. The minimum Gasteiger partial charge on any atom is -0.464 e. The summed E-state index contributed by atoms with van der Waals surface area (Å²) in [5.41, 5.74) is 2.37. The average molecular weight is 355 g/mol. The molecule has 1 heterocycles. The molecule has 0 N–H and O–H groups in total. The minimum atomic E-state index is -0.461. The van der Waals surface area contributed by atoms with Crippen LogP contribution in [-0.2, 0) is 20.9 Å². The molecule has 0 radical (unpaired) electrons. The van der Waals surface area contributed by atoms with Gasteiger partial charge in [-0.15, -0.1) is 0 Å². The Kier molecular flexibility index (Phi) is 7.76. The third-order valence-corrected chi connectivity index (χ3v) is 3.76. The van der Waals surface area contributed by atoms with Crippen molar-refractivity contribution in [2.75, 3.05) is 26.7 Å². The van der Waals surface area contributed by atoms with Crippen LogP contribution in [0.3, 0.4) is 0 Å². The highest BCUT2D eigenvalue weighted by molar-refractivity contribution is 5.94. The van der Waals surface area contributed by atoms with Gasteiger partial charge in [0.15, 0.2) is 0 Å². The number of ether oxygens (including phenoxy) is 1. The van der Waals surface area contributed by atoms with Gasteiger partial charge in [-0.3, -0.25) is 14.5 Å². The summed E-state index contributed by atoms with van der Waals surface area (Å²) in [7, 11) is 1.96. The molecule has 0 saturated heterocycles. The Morgan fingerprint density at radius 2 is 2.04 bits per heavy atom. The molecular weight excluding hydrogens is 330 g/mol. The fourth-order valence-corrected chi connectivity index (χ4v) is 2.35. The van der Waals surface area contributed by atoms with E-state index in [0.717, 1.165) is 18.7 Å². The lowest BCUT2D eigenvalue weighted by Gasteiger charge is -2.14. The Bertz CT molecular complexity index is 721. The van der Waals surface area contributed by atoms with Crippen molar-refractivity contribution in [2.24, 2.45) is 0 Å². The number of nitrogens with zero attached hydrogens (tertiary/aromatic N) is 3. The van der Waals surface area contributed by atoms with E-state index in [4.69, 9.17) is 4.74 Å². The SMILES string of the molecule is CC(=O)CC(=O)OCCN(C)CC=Cc1ccc(Cn2ccnc2)cc1. The van der Waals surface area contributed by atoms with Crippen molar-refractivity contribution in [1.82, 2.24) is 14.5 Å². The Hall–Kier alpha value is -2.73. The number of hydrogen-bond acceptors (Lipinski definition) is 5. The monoisotopic (exact) mass is 355 g/mol. The van der Waals surface area contributed by atoms with Gasteiger partial charge >= 0.3 is 5.97 Å². The molecule has 0 bridgehead atoms. The predicted molar refractivity (Wildman–Crippen MR) is 101 cm³/mol. The average Bonchev–Trinajstić information content (AvgIpc) is 3.09. The van der Waals surface area contributed by atoms with Gasteiger partial charge in [-0.1, -0.05) is 36.4 Å². The smallest absolute Gasteiger partial charge is 0.313 e. The van der Waals surface area contributed by atoms with Crippen molar-refractivity contribution >= 4 is 17.8 Å². The number of aromatic nitrogens is 2. The van der Waals surface area contributed by atoms with Gasteiger partial charge in [-0.2, -0.15) is 0 Å². The number of esters is 1.